The summed E-state index contributed by atoms with van der Waals surface area (Å²) in [5.41, 5.74) is 6.44. The molecule has 32 heavy (non-hydrogen) atoms. The number of halogens is 1. The first-order valence-corrected chi connectivity index (χ1v) is 10.7. The smallest absolute Gasteiger partial charge is 0.351 e. The average Bonchev–Trinajstić information content (AvgIpc) is 3.14. The van der Waals surface area contributed by atoms with Crippen LogP contribution in [0.5, 0.6) is 5.75 Å². The van der Waals surface area contributed by atoms with Crippen molar-refractivity contribution in [2.24, 2.45) is 5.73 Å². The molecule has 0 radical (unpaired) electrons. The van der Waals surface area contributed by atoms with Gasteiger partial charge in [-0.15, -0.1) is 11.3 Å². The van der Waals surface area contributed by atoms with Crippen molar-refractivity contribution in [2.45, 2.75) is 26.6 Å². The summed E-state index contributed by atoms with van der Waals surface area (Å²) in [4.78, 5) is 40.6. The lowest BCUT2D eigenvalue weighted by atomic mass is 10.2. The molecular formula is C22H20ClN3O5S. The van der Waals surface area contributed by atoms with E-state index in [1.54, 1.807) is 31.2 Å². The summed E-state index contributed by atoms with van der Waals surface area (Å²) >= 11 is 6.99. The highest BCUT2D eigenvalue weighted by atomic mass is 35.5. The van der Waals surface area contributed by atoms with Gasteiger partial charge in [0.15, 0.2) is 6.10 Å². The molecule has 1 aromatic heterocycles. The van der Waals surface area contributed by atoms with E-state index in [0.717, 1.165) is 11.3 Å². The zero-order chi connectivity index (χ0) is 23.3. The molecule has 0 spiro atoms. The van der Waals surface area contributed by atoms with Crippen LogP contribution in [-0.2, 0) is 16.1 Å². The Balaban J connectivity index is 1.56. The van der Waals surface area contributed by atoms with Gasteiger partial charge in [0.05, 0.1) is 5.69 Å². The molecule has 0 fully saturated rings. The summed E-state index contributed by atoms with van der Waals surface area (Å²) in [5, 5.41) is 3.82. The Hall–Kier alpha value is -3.43. The van der Waals surface area contributed by atoms with Crippen molar-refractivity contribution in [1.29, 1.82) is 0 Å². The number of nitrogens with two attached hydrogens (primary N) is 1. The van der Waals surface area contributed by atoms with Crippen molar-refractivity contribution in [2.75, 3.05) is 5.32 Å². The number of primary amides is 1. The van der Waals surface area contributed by atoms with Gasteiger partial charge < -0.3 is 20.5 Å². The van der Waals surface area contributed by atoms with E-state index in [0.29, 0.717) is 37.6 Å². The van der Waals surface area contributed by atoms with Crippen LogP contribution < -0.4 is 15.8 Å². The number of benzene rings is 2. The second-order valence-corrected chi connectivity index (χ2v) is 8.26. The molecule has 0 bridgehead atoms. The number of ether oxygens (including phenoxy) is 2. The molecule has 0 aliphatic rings. The Morgan fingerprint density at radius 2 is 1.78 bits per heavy atom. The molecule has 10 heteroatoms. The van der Waals surface area contributed by atoms with Gasteiger partial charge >= 0.3 is 5.97 Å². The number of aryl methyl sites for hydroxylation is 1. The number of aromatic nitrogens is 1. The number of rotatable bonds is 8. The molecule has 3 N–H and O–H groups in total. The number of nitrogens with zero attached hydrogens (tertiary/aromatic N) is 1. The minimum atomic E-state index is -1.05. The molecule has 3 aromatic rings. The summed E-state index contributed by atoms with van der Waals surface area (Å²) in [6, 6.07) is 12.9. The highest BCUT2D eigenvalue weighted by molar-refractivity contribution is 7.13. The predicted molar refractivity (Wildman–Crippen MR) is 121 cm³/mol. The standard InChI is InChI=1S/C22H20ClN3O5S/c1-12-19(32-18(25-12)11-30-17-9-5-15(23)6-10-17)22(29)31-13(2)21(28)26-16-7-3-14(4-8-16)20(24)27/h3-10,13H,11H2,1-2H3,(H2,24,27)(H,26,28). The zero-order valence-electron chi connectivity index (χ0n) is 17.3. The topological polar surface area (TPSA) is 121 Å². The number of thiazole rings is 1. The molecule has 1 heterocycles. The lowest BCUT2D eigenvalue weighted by Crippen LogP contribution is -2.30. The fraction of sp³-hybridized carbons (Fsp3) is 0.182. The zero-order valence-corrected chi connectivity index (χ0v) is 18.8. The minimum absolute atomic E-state index is 0.178. The number of amides is 2. The van der Waals surface area contributed by atoms with Crippen molar-refractivity contribution in [3.63, 3.8) is 0 Å². The van der Waals surface area contributed by atoms with Crippen LogP contribution in [0.4, 0.5) is 5.69 Å². The van der Waals surface area contributed by atoms with Crippen molar-refractivity contribution in [3.8, 4) is 5.75 Å². The second kappa shape index (κ2) is 10.3. The Morgan fingerprint density at radius 3 is 2.41 bits per heavy atom. The van der Waals surface area contributed by atoms with E-state index in [-0.39, 0.29) is 6.61 Å². The molecule has 3 rings (SSSR count). The highest BCUT2D eigenvalue weighted by Gasteiger charge is 2.23. The lowest BCUT2D eigenvalue weighted by Gasteiger charge is -2.13. The maximum absolute atomic E-state index is 12.5. The van der Waals surface area contributed by atoms with Gasteiger partial charge in [0.1, 0.15) is 22.2 Å². The van der Waals surface area contributed by atoms with Crippen LogP contribution in [-0.4, -0.2) is 28.9 Å². The maximum atomic E-state index is 12.5. The average molecular weight is 474 g/mol. The Bertz CT molecular complexity index is 1130. The fourth-order valence-electron chi connectivity index (χ4n) is 2.61. The van der Waals surface area contributed by atoms with E-state index in [2.05, 4.69) is 10.3 Å². The summed E-state index contributed by atoms with van der Waals surface area (Å²) in [5.74, 6) is -1.10. The van der Waals surface area contributed by atoms with Gasteiger partial charge in [-0.05, 0) is 62.4 Å². The van der Waals surface area contributed by atoms with Gasteiger partial charge in [-0.25, -0.2) is 9.78 Å². The molecule has 2 amide bonds. The largest absolute Gasteiger partial charge is 0.486 e. The minimum Gasteiger partial charge on any atom is -0.486 e. The van der Waals surface area contributed by atoms with E-state index in [4.69, 9.17) is 26.8 Å². The molecule has 0 saturated carbocycles. The van der Waals surface area contributed by atoms with E-state index < -0.39 is 23.9 Å². The summed E-state index contributed by atoms with van der Waals surface area (Å²) in [6.07, 6.45) is -1.05. The van der Waals surface area contributed by atoms with Gasteiger partial charge in [0, 0.05) is 16.3 Å². The van der Waals surface area contributed by atoms with E-state index in [9.17, 15) is 14.4 Å². The number of hydrogen-bond acceptors (Lipinski definition) is 7. The van der Waals surface area contributed by atoms with Crippen LogP contribution in [0, 0.1) is 6.92 Å². The molecule has 8 nitrogen and oxygen atoms in total. The highest BCUT2D eigenvalue weighted by Crippen LogP contribution is 2.23. The van der Waals surface area contributed by atoms with Crippen molar-refractivity contribution < 1.29 is 23.9 Å². The van der Waals surface area contributed by atoms with Crippen molar-refractivity contribution in [3.05, 3.63) is 74.7 Å². The molecular weight excluding hydrogens is 454 g/mol. The van der Waals surface area contributed by atoms with Crippen LogP contribution in [0.1, 0.15) is 37.7 Å². The first-order valence-electron chi connectivity index (χ1n) is 9.49. The predicted octanol–water partition coefficient (Wildman–Crippen LogP) is 3.97. The maximum Gasteiger partial charge on any atom is 0.351 e. The van der Waals surface area contributed by atoms with Crippen molar-refractivity contribution in [1.82, 2.24) is 4.98 Å². The second-order valence-electron chi connectivity index (χ2n) is 6.74. The van der Waals surface area contributed by atoms with E-state index in [1.165, 1.54) is 31.2 Å². The van der Waals surface area contributed by atoms with Gasteiger partial charge in [0.2, 0.25) is 5.91 Å². The number of hydrogen-bond donors (Lipinski definition) is 2. The number of esters is 1. The van der Waals surface area contributed by atoms with E-state index >= 15 is 0 Å². The third kappa shape index (κ3) is 6.05. The first-order chi connectivity index (χ1) is 15.2. The molecule has 166 valence electrons. The van der Waals surface area contributed by atoms with Gasteiger partial charge in [-0.1, -0.05) is 11.6 Å². The first kappa shape index (κ1) is 23.2. The number of nitrogens with one attached hydrogen (secondary N) is 1. The SMILES string of the molecule is Cc1nc(COc2ccc(Cl)cc2)sc1C(=O)OC(C)C(=O)Nc1ccc(C(N)=O)cc1. The Kier molecular flexibility index (Phi) is 7.45. The van der Waals surface area contributed by atoms with Gasteiger partial charge in [0.25, 0.3) is 5.91 Å². The molecule has 0 aliphatic heterocycles. The van der Waals surface area contributed by atoms with Crippen LogP contribution in [0.15, 0.2) is 48.5 Å². The van der Waals surface area contributed by atoms with E-state index in [1.807, 2.05) is 0 Å². The third-order valence-corrected chi connectivity index (χ3v) is 5.66. The number of carbonyl (C=O) groups excluding carboxylic acids is 3. The molecule has 2 aromatic carbocycles. The monoisotopic (exact) mass is 473 g/mol. The summed E-state index contributed by atoms with van der Waals surface area (Å²) in [7, 11) is 0. The third-order valence-electron chi connectivity index (χ3n) is 4.29. The molecule has 1 atom stereocenters. The quantitative estimate of drug-likeness (QED) is 0.477. The Morgan fingerprint density at radius 1 is 1.12 bits per heavy atom. The van der Waals surface area contributed by atoms with Gasteiger partial charge in [-0.3, -0.25) is 9.59 Å². The number of anilines is 1. The van der Waals surface area contributed by atoms with Crippen LogP contribution in [0.2, 0.25) is 5.02 Å². The fourth-order valence-corrected chi connectivity index (χ4v) is 3.60. The molecule has 0 aliphatic carbocycles. The van der Waals surface area contributed by atoms with Crippen LogP contribution in [0.3, 0.4) is 0 Å². The normalized spacial score (nSPS) is 11.5. The van der Waals surface area contributed by atoms with Crippen LogP contribution >= 0.6 is 22.9 Å². The summed E-state index contributed by atoms with van der Waals surface area (Å²) < 4.78 is 10.9. The van der Waals surface area contributed by atoms with Crippen LogP contribution in [0.25, 0.3) is 0 Å². The molecule has 0 saturated heterocycles. The number of carbonyl (C=O) groups is 3. The molecule has 1 unspecified atom stereocenters. The Labute approximate surface area is 193 Å². The summed E-state index contributed by atoms with van der Waals surface area (Å²) in [6.45, 7) is 3.33. The van der Waals surface area contributed by atoms with Gasteiger partial charge in [-0.2, -0.15) is 0 Å². The van der Waals surface area contributed by atoms with Crippen molar-refractivity contribution >= 4 is 46.4 Å². The lowest BCUT2D eigenvalue weighted by molar-refractivity contribution is -0.123.